The van der Waals surface area contributed by atoms with Crippen LogP contribution in [-0.2, 0) is 6.18 Å². The van der Waals surface area contributed by atoms with E-state index in [1.807, 2.05) is 13.8 Å². The van der Waals surface area contributed by atoms with E-state index in [4.69, 9.17) is 11.6 Å². The third kappa shape index (κ3) is 5.53. The lowest BCUT2D eigenvalue weighted by Crippen LogP contribution is -2.34. The molecule has 1 heterocycles. The van der Waals surface area contributed by atoms with Crippen molar-refractivity contribution < 1.29 is 18.0 Å². The number of carbonyl (C=O) groups excluding carboxylic acids is 1. The number of aromatic nitrogens is 1. The molecule has 0 saturated carbocycles. The van der Waals surface area contributed by atoms with Crippen molar-refractivity contribution >= 4 is 34.8 Å². The zero-order valence-corrected chi connectivity index (χ0v) is 14.2. The summed E-state index contributed by atoms with van der Waals surface area (Å²) in [6, 6.07) is 5.66. The summed E-state index contributed by atoms with van der Waals surface area (Å²) in [5, 5.41) is 8.10. The number of anilines is 3. The second-order valence-electron chi connectivity index (χ2n) is 5.50. The van der Waals surface area contributed by atoms with Crippen LogP contribution in [0.5, 0.6) is 0 Å². The van der Waals surface area contributed by atoms with E-state index in [1.165, 1.54) is 18.3 Å². The Kier molecular flexibility index (Phi) is 5.73. The Morgan fingerprint density at radius 2 is 1.92 bits per heavy atom. The van der Waals surface area contributed by atoms with Crippen LogP contribution >= 0.6 is 11.6 Å². The fraction of sp³-hybridized carbons (Fsp3) is 0.250. The van der Waals surface area contributed by atoms with Gasteiger partial charge < -0.3 is 10.6 Å². The zero-order valence-electron chi connectivity index (χ0n) is 13.4. The molecule has 0 aliphatic carbocycles. The Morgan fingerprint density at radius 3 is 2.48 bits per heavy atom. The quantitative estimate of drug-likeness (QED) is 0.705. The fourth-order valence-corrected chi connectivity index (χ4v) is 2.07. The monoisotopic (exact) mass is 372 g/mol. The van der Waals surface area contributed by atoms with E-state index < -0.39 is 17.8 Å². The second kappa shape index (κ2) is 7.60. The minimum Gasteiger partial charge on any atom is -0.353 e. The Balaban J connectivity index is 2.10. The highest BCUT2D eigenvalue weighted by atomic mass is 35.5. The predicted octanol–water partition coefficient (Wildman–Crippen LogP) is 5.03. The van der Waals surface area contributed by atoms with E-state index in [-0.39, 0.29) is 16.8 Å². The van der Waals surface area contributed by atoms with Crippen molar-refractivity contribution in [3.8, 4) is 0 Å². The number of amides is 2. The van der Waals surface area contributed by atoms with Gasteiger partial charge in [-0.25, -0.2) is 9.78 Å². The smallest absolute Gasteiger partial charge is 0.353 e. The van der Waals surface area contributed by atoms with Crippen LogP contribution in [0.2, 0.25) is 5.02 Å². The van der Waals surface area contributed by atoms with E-state index >= 15 is 0 Å². The first-order valence-corrected chi connectivity index (χ1v) is 7.70. The average molecular weight is 373 g/mol. The predicted molar refractivity (Wildman–Crippen MR) is 91.3 cm³/mol. The Morgan fingerprint density at radius 1 is 1.20 bits per heavy atom. The number of nitrogens with one attached hydrogen (secondary N) is 3. The minimum absolute atomic E-state index is 0.0241. The van der Waals surface area contributed by atoms with Gasteiger partial charge in [-0.3, -0.25) is 5.32 Å². The molecule has 1 aromatic carbocycles. The third-order valence-electron chi connectivity index (χ3n) is 3.00. The van der Waals surface area contributed by atoms with E-state index in [2.05, 4.69) is 20.9 Å². The van der Waals surface area contributed by atoms with Gasteiger partial charge in [0.2, 0.25) is 0 Å². The van der Waals surface area contributed by atoms with Crippen molar-refractivity contribution in [2.24, 2.45) is 0 Å². The summed E-state index contributed by atoms with van der Waals surface area (Å²) in [5.74, 6) is 0.304. The second-order valence-corrected chi connectivity index (χ2v) is 5.91. The molecule has 0 aliphatic heterocycles. The van der Waals surface area contributed by atoms with E-state index in [9.17, 15) is 18.0 Å². The first kappa shape index (κ1) is 18.9. The molecule has 0 spiro atoms. The lowest BCUT2D eigenvalue weighted by molar-refractivity contribution is -0.137. The number of hydrogen-bond acceptors (Lipinski definition) is 3. The fourth-order valence-electron chi connectivity index (χ4n) is 1.91. The number of nitrogens with zero attached hydrogens (tertiary/aromatic N) is 1. The molecule has 0 atom stereocenters. The minimum atomic E-state index is -4.46. The van der Waals surface area contributed by atoms with Gasteiger partial charge in [0, 0.05) is 6.04 Å². The van der Waals surface area contributed by atoms with Crippen LogP contribution in [0.1, 0.15) is 19.4 Å². The maximum absolute atomic E-state index is 12.8. The molecule has 0 radical (unpaired) electrons. The lowest BCUT2D eigenvalue weighted by Gasteiger charge is -2.13. The first-order chi connectivity index (χ1) is 11.6. The molecule has 0 saturated heterocycles. The highest BCUT2D eigenvalue weighted by molar-refractivity contribution is 6.33. The van der Waals surface area contributed by atoms with Gasteiger partial charge >= 0.3 is 12.2 Å². The van der Waals surface area contributed by atoms with Gasteiger partial charge in [0.05, 0.1) is 28.2 Å². The van der Waals surface area contributed by atoms with Gasteiger partial charge in [-0.05, 0) is 44.2 Å². The standard InChI is InChI=1S/C16H16ClF3N4O/c1-9(2)22-15(25)24-14-6-4-11(8-21-14)23-13-7-10(16(18,19)20)3-5-12(13)17/h3-9,23H,1-2H3,(H2,21,22,24,25). The summed E-state index contributed by atoms with van der Waals surface area (Å²) < 4.78 is 38.3. The van der Waals surface area contributed by atoms with E-state index in [0.717, 1.165) is 12.1 Å². The van der Waals surface area contributed by atoms with Crippen LogP contribution in [0.25, 0.3) is 0 Å². The molecular formula is C16H16ClF3N4O. The van der Waals surface area contributed by atoms with Gasteiger partial charge in [-0.2, -0.15) is 13.2 Å². The zero-order chi connectivity index (χ0) is 18.6. The maximum atomic E-state index is 12.8. The van der Waals surface area contributed by atoms with E-state index in [1.54, 1.807) is 6.07 Å². The van der Waals surface area contributed by atoms with Crippen LogP contribution in [0, 0.1) is 0 Å². The number of halogens is 4. The molecule has 1 aromatic heterocycles. The van der Waals surface area contributed by atoms with Crippen LogP contribution in [0.3, 0.4) is 0 Å². The normalized spacial score (nSPS) is 11.3. The van der Waals surface area contributed by atoms with Crippen LogP contribution < -0.4 is 16.0 Å². The topological polar surface area (TPSA) is 66.1 Å². The molecule has 9 heteroatoms. The van der Waals surface area contributed by atoms with Crippen LogP contribution in [0.4, 0.5) is 35.2 Å². The van der Waals surface area contributed by atoms with E-state index in [0.29, 0.717) is 11.5 Å². The number of hydrogen-bond donors (Lipinski definition) is 3. The summed E-state index contributed by atoms with van der Waals surface area (Å²) in [6.45, 7) is 3.64. The summed E-state index contributed by atoms with van der Waals surface area (Å²) in [5.41, 5.74) is -0.274. The van der Waals surface area contributed by atoms with Crippen molar-refractivity contribution in [1.29, 1.82) is 0 Å². The number of benzene rings is 1. The van der Waals surface area contributed by atoms with Crippen molar-refractivity contribution in [3.05, 3.63) is 47.1 Å². The summed E-state index contributed by atoms with van der Waals surface area (Å²) in [6.07, 6.45) is -3.08. The van der Waals surface area contributed by atoms with Crippen molar-refractivity contribution in [2.45, 2.75) is 26.1 Å². The molecule has 0 unspecified atom stereocenters. The number of urea groups is 1. The molecule has 2 rings (SSSR count). The third-order valence-corrected chi connectivity index (χ3v) is 3.33. The van der Waals surface area contributed by atoms with Crippen molar-refractivity contribution in [3.63, 3.8) is 0 Å². The lowest BCUT2D eigenvalue weighted by atomic mass is 10.2. The SMILES string of the molecule is CC(C)NC(=O)Nc1ccc(Nc2cc(C(F)(F)F)ccc2Cl)cn1. The van der Waals surface area contributed by atoms with Gasteiger partial charge in [0.25, 0.3) is 0 Å². The van der Waals surface area contributed by atoms with Crippen LogP contribution in [-0.4, -0.2) is 17.1 Å². The summed E-state index contributed by atoms with van der Waals surface area (Å²) >= 11 is 5.93. The van der Waals surface area contributed by atoms with Crippen molar-refractivity contribution in [2.75, 3.05) is 10.6 Å². The number of pyridine rings is 1. The van der Waals surface area contributed by atoms with Crippen molar-refractivity contribution in [1.82, 2.24) is 10.3 Å². The largest absolute Gasteiger partial charge is 0.416 e. The number of rotatable bonds is 4. The highest BCUT2D eigenvalue weighted by Gasteiger charge is 2.30. The van der Waals surface area contributed by atoms with Crippen LogP contribution in [0.15, 0.2) is 36.5 Å². The van der Waals surface area contributed by atoms with Gasteiger partial charge in [-0.1, -0.05) is 11.6 Å². The van der Waals surface area contributed by atoms with Gasteiger partial charge in [-0.15, -0.1) is 0 Å². The molecule has 134 valence electrons. The maximum Gasteiger partial charge on any atom is 0.416 e. The molecule has 3 N–H and O–H groups in total. The average Bonchev–Trinajstić information content (AvgIpc) is 2.49. The molecule has 0 fully saturated rings. The Bertz CT molecular complexity index is 748. The number of alkyl halides is 3. The van der Waals surface area contributed by atoms with Gasteiger partial charge in [0.1, 0.15) is 5.82 Å². The molecular weight excluding hydrogens is 357 g/mol. The Labute approximate surface area is 147 Å². The number of carbonyl (C=O) groups is 1. The van der Waals surface area contributed by atoms with Gasteiger partial charge in [0.15, 0.2) is 0 Å². The Hall–Kier alpha value is -2.48. The highest BCUT2D eigenvalue weighted by Crippen LogP contribution is 2.34. The molecule has 2 aromatic rings. The first-order valence-electron chi connectivity index (χ1n) is 7.32. The molecule has 0 aliphatic rings. The molecule has 5 nitrogen and oxygen atoms in total. The summed E-state index contributed by atoms with van der Waals surface area (Å²) in [4.78, 5) is 15.6. The molecule has 2 amide bonds. The molecule has 25 heavy (non-hydrogen) atoms. The molecule has 0 bridgehead atoms. The summed E-state index contributed by atoms with van der Waals surface area (Å²) in [7, 11) is 0.